The van der Waals surface area contributed by atoms with Gasteiger partial charge in [0.05, 0.1) is 12.7 Å². The Balaban J connectivity index is 2.61. The number of rotatable bonds is 10. The number of aliphatic hydroxyl groups is 1. The molecule has 0 aromatic heterocycles. The normalized spacial score (nSPS) is 16.5. The highest BCUT2D eigenvalue weighted by atomic mass is 31.2. The van der Waals surface area contributed by atoms with Gasteiger partial charge in [-0.2, -0.15) is 0 Å². The van der Waals surface area contributed by atoms with Gasteiger partial charge in [-0.3, -0.25) is 4.57 Å². The van der Waals surface area contributed by atoms with Gasteiger partial charge in [0.15, 0.2) is 5.85 Å². The minimum Gasteiger partial charge on any atom is -0.402 e. The average molecular weight is 447 g/mol. The molecule has 0 aliphatic rings. The van der Waals surface area contributed by atoms with E-state index in [0.717, 1.165) is 10.4 Å². The van der Waals surface area contributed by atoms with Crippen molar-refractivity contribution in [2.24, 2.45) is 0 Å². The summed E-state index contributed by atoms with van der Waals surface area (Å²) in [7, 11) is -6.22. The molecule has 2 aromatic rings. The minimum atomic E-state index is -3.35. The van der Waals surface area contributed by atoms with Gasteiger partial charge >= 0.3 is 0 Å². The number of hydrogen-bond acceptors (Lipinski definition) is 4. The van der Waals surface area contributed by atoms with E-state index in [1.54, 1.807) is 13.8 Å². The van der Waals surface area contributed by atoms with Gasteiger partial charge in [-0.1, -0.05) is 87.5 Å². The van der Waals surface area contributed by atoms with Crippen LogP contribution in [0.15, 0.2) is 73.3 Å². The third kappa shape index (κ3) is 5.04. The summed E-state index contributed by atoms with van der Waals surface area (Å²) in [5.74, 6) is -1.24. The monoisotopic (exact) mass is 446 g/mol. The standard InChI is InChI=1S/C24H35O4PSi/c1-7-19-29(26,27-8-2)23(25)20(3)28-30(24(4,5)6,21-15-11-9-12-16-21)22-17-13-10-14-18-22/h7,9-18,20,23,25H,1,8,19H2,2-6H3/t20-,23+,29?/m0/s1. The second-order valence-corrected chi connectivity index (χ2v) is 15.4. The third-order valence-electron chi connectivity index (χ3n) is 5.33. The number of aliphatic hydroxyl groups excluding tert-OH is 1. The zero-order valence-electron chi connectivity index (χ0n) is 18.7. The number of hydrogen-bond donors (Lipinski definition) is 1. The Labute approximate surface area is 182 Å². The molecular weight excluding hydrogens is 411 g/mol. The quantitative estimate of drug-likeness (QED) is 0.324. The predicted octanol–water partition coefficient (Wildman–Crippen LogP) is 4.77. The van der Waals surface area contributed by atoms with Crippen LogP contribution in [0.1, 0.15) is 34.6 Å². The highest BCUT2D eigenvalue weighted by Gasteiger charge is 2.52. The van der Waals surface area contributed by atoms with E-state index >= 15 is 0 Å². The summed E-state index contributed by atoms with van der Waals surface area (Å²) in [6.07, 6.45) is 0.958. The Morgan fingerprint density at radius 2 is 1.53 bits per heavy atom. The van der Waals surface area contributed by atoms with Gasteiger partial charge in [0, 0.05) is 6.16 Å². The van der Waals surface area contributed by atoms with Gasteiger partial charge < -0.3 is 14.1 Å². The molecule has 0 saturated heterocycles. The summed E-state index contributed by atoms with van der Waals surface area (Å²) in [6, 6.07) is 20.4. The van der Waals surface area contributed by atoms with Crippen LogP contribution in [-0.2, 0) is 13.5 Å². The maximum Gasteiger partial charge on any atom is 0.261 e. The molecule has 4 nitrogen and oxygen atoms in total. The fraction of sp³-hybridized carbons (Fsp3) is 0.417. The first kappa shape index (κ1) is 24.8. The Hall–Kier alpha value is -1.49. The Morgan fingerprint density at radius 3 is 1.90 bits per heavy atom. The van der Waals surface area contributed by atoms with E-state index in [-0.39, 0.29) is 17.8 Å². The molecule has 0 amide bonds. The molecule has 0 fully saturated rings. The molecule has 3 atom stereocenters. The van der Waals surface area contributed by atoms with Gasteiger partial charge in [0.25, 0.3) is 8.32 Å². The summed E-state index contributed by atoms with van der Waals surface area (Å²) in [5, 5.41) is 13.1. The molecule has 164 valence electrons. The SMILES string of the molecule is C=CCP(=O)(OCC)[C@@H](O)[C@H](C)O[Si](c1ccccc1)(c1ccccc1)C(C)(C)C. The van der Waals surface area contributed by atoms with Crippen molar-refractivity contribution in [1.29, 1.82) is 0 Å². The van der Waals surface area contributed by atoms with Gasteiger partial charge in [0.2, 0.25) is 7.37 Å². The van der Waals surface area contributed by atoms with E-state index in [0.29, 0.717) is 0 Å². The van der Waals surface area contributed by atoms with Crippen molar-refractivity contribution in [2.45, 2.75) is 51.6 Å². The lowest BCUT2D eigenvalue weighted by Crippen LogP contribution is -2.68. The van der Waals surface area contributed by atoms with Gasteiger partial charge in [-0.25, -0.2) is 0 Å². The first-order valence-electron chi connectivity index (χ1n) is 10.4. The second-order valence-electron chi connectivity index (χ2n) is 8.51. The maximum absolute atomic E-state index is 13.4. The van der Waals surface area contributed by atoms with Crippen LogP contribution in [0, 0.1) is 0 Å². The molecule has 1 unspecified atom stereocenters. The van der Waals surface area contributed by atoms with Crippen molar-refractivity contribution in [3.8, 4) is 0 Å². The summed E-state index contributed by atoms with van der Waals surface area (Å²) < 4.78 is 25.8. The maximum atomic E-state index is 13.4. The van der Waals surface area contributed by atoms with E-state index in [9.17, 15) is 9.67 Å². The Morgan fingerprint density at radius 1 is 1.07 bits per heavy atom. The molecule has 1 N–H and O–H groups in total. The Kier molecular flexibility index (Phi) is 8.43. The van der Waals surface area contributed by atoms with Crippen LogP contribution in [-0.4, -0.2) is 38.1 Å². The first-order valence-corrected chi connectivity index (χ1v) is 14.2. The third-order valence-corrected chi connectivity index (χ3v) is 13.2. The van der Waals surface area contributed by atoms with Crippen LogP contribution in [0.2, 0.25) is 5.04 Å². The van der Waals surface area contributed by atoms with Crippen LogP contribution in [0.4, 0.5) is 0 Å². The van der Waals surface area contributed by atoms with Gasteiger partial charge in [0.1, 0.15) is 0 Å². The van der Waals surface area contributed by atoms with Crippen LogP contribution in [0.5, 0.6) is 0 Å². The minimum absolute atomic E-state index is 0.108. The molecule has 0 radical (unpaired) electrons. The molecular formula is C24H35O4PSi. The molecule has 0 saturated carbocycles. The molecule has 0 spiro atoms. The molecule has 30 heavy (non-hydrogen) atoms. The van der Waals surface area contributed by atoms with Crippen molar-refractivity contribution in [1.82, 2.24) is 0 Å². The van der Waals surface area contributed by atoms with E-state index in [1.807, 2.05) is 36.4 Å². The summed E-state index contributed by atoms with van der Waals surface area (Å²) in [4.78, 5) is 0. The summed E-state index contributed by atoms with van der Waals surface area (Å²) >= 11 is 0. The van der Waals surface area contributed by atoms with Gasteiger partial charge in [-0.15, -0.1) is 6.58 Å². The first-order chi connectivity index (χ1) is 14.1. The van der Waals surface area contributed by atoms with Crippen LogP contribution in [0.3, 0.4) is 0 Å². The smallest absolute Gasteiger partial charge is 0.261 e. The van der Waals surface area contributed by atoms with Crippen LogP contribution >= 0.6 is 7.37 Å². The van der Waals surface area contributed by atoms with Crippen molar-refractivity contribution in [3.05, 3.63) is 73.3 Å². The van der Waals surface area contributed by atoms with E-state index in [2.05, 4.69) is 51.6 Å². The molecule has 2 aromatic carbocycles. The zero-order chi connectivity index (χ0) is 22.4. The number of allylic oxidation sites excluding steroid dienone is 1. The fourth-order valence-electron chi connectivity index (χ4n) is 3.99. The van der Waals surface area contributed by atoms with Crippen molar-refractivity contribution in [3.63, 3.8) is 0 Å². The highest BCUT2D eigenvalue weighted by Crippen LogP contribution is 2.53. The average Bonchev–Trinajstić information content (AvgIpc) is 2.72. The number of benzene rings is 2. The molecule has 0 aliphatic carbocycles. The topological polar surface area (TPSA) is 55.8 Å². The predicted molar refractivity (Wildman–Crippen MR) is 128 cm³/mol. The molecule has 2 rings (SSSR count). The van der Waals surface area contributed by atoms with Crippen LogP contribution in [0.25, 0.3) is 0 Å². The van der Waals surface area contributed by atoms with E-state index in [1.165, 1.54) is 6.08 Å². The molecule has 0 heterocycles. The molecule has 0 aliphatic heterocycles. The van der Waals surface area contributed by atoms with Crippen LogP contribution < -0.4 is 10.4 Å². The largest absolute Gasteiger partial charge is 0.402 e. The summed E-state index contributed by atoms with van der Waals surface area (Å²) in [6.45, 7) is 14.0. The lowest BCUT2D eigenvalue weighted by atomic mass is 10.2. The zero-order valence-corrected chi connectivity index (χ0v) is 20.6. The van der Waals surface area contributed by atoms with Crippen molar-refractivity contribution < 1.29 is 18.6 Å². The van der Waals surface area contributed by atoms with E-state index < -0.39 is 27.6 Å². The molecule has 6 heteroatoms. The van der Waals surface area contributed by atoms with E-state index in [4.69, 9.17) is 8.95 Å². The highest BCUT2D eigenvalue weighted by molar-refractivity contribution is 7.59. The van der Waals surface area contributed by atoms with Crippen molar-refractivity contribution in [2.75, 3.05) is 12.8 Å². The second kappa shape index (κ2) is 10.2. The van der Waals surface area contributed by atoms with Crippen molar-refractivity contribution >= 4 is 26.1 Å². The summed E-state index contributed by atoms with van der Waals surface area (Å²) in [5.41, 5.74) is 0. The van der Waals surface area contributed by atoms with Gasteiger partial charge in [-0.05, 0) is 29.3 Å². The fourth-order valence-corrected chi connectivity index (χ4v) is 10.8. The lowest BCUT2D eigenvalue weighted by molar-refractivity contribution is 0.0796. The lowest BCUT2D eigenvalue weighted by Gasteiger charge is -2.45. The Bertz CT molecular complexity index is 809. The molecule has 0 bridgehead atoms.